The van der Waals surface area contributed by atoms with Crippen molar-refractivity contribution in [2.75, 3.05) is 24.6 Å². The Morgan fingerprint density at radius 2 is 2.17 bits per heavy atom. The number of esters is 1. The number of ether oxygens (including phenoxy) is 1. The van der Waals surface area contributed by atoms with Gasteiger partial charge in [0.2, 0.25) is 0 Å². The second-order valence-corrected chi connectivity index (χ2v) is 5.72. The molecule has 8 heteroatoms. The maximum Gasteiger partial charge on any atom is 0.345 e. The number of rotatable bonds is 5. The molecule has 1 aliphatic rings. The number of carbonyl (C=O) groups is 2. The van der Waals surface area contributed by atoms with Gasteiger partial charge in [-0.25, -0.2) is 4.79 Å². The Labute approximate surface area is 132 Å². The van der Waals surface area contributed by atoms with Gasteiger partial charge < -0.3 is 14.7 Å². The minimum absolute atomic E-state index is 0.112. The minimum Gasteiger partial charge on any atom is -0.481 e. The van der Waals surface area contributed by atoms with Gasteiger partial charge in [0.05, 0.1) is 16.9 Å². The third-order valence-corrected chi connectivity index (χ3v) is 4.03. The van der Waals surface area contributed by atoms with E-state index in [1.165, 1.54) is 18.2 Å². The highest BCUT2D eigenvalue weighted by atomic mass is 16.6. The van der Waals surface area contributed by atoms with Crippen molar-refractivity contribution in [3.8, 4) is 0 Å². The van der Waals surface area contributed by atoms with Crippen molar-refractivity contribution in [1.82, 2.24) is 0 Å². The number of hydrogen-bond acceptors (Lipinski definition) is 6. The Bertz CT molecular complexity index is 659. The number of carbonyl (C=O) groups excluding carboxylic acids is 1. The smallest absolute Gasteiger partial charge is 0.345 e. The van der Waals surface area contributed by atoms with E-state index in [0.29, 0.717) is 18.7 Å². The van der Waals surface area contributed by atoms with Crippen LogP contribution in [0.1, 0.15) is 30.6 Å². The third kappa shape index (κ3) is 3.25. The minimum atomic E-state index is -0.882. The number of aliphatic carboxylic acids is 1. The molecule has 1 heterocycles. The summed E-state index contributed by atoms with van der Waals surface area (Å²) in [4.78, 5) is 35.5. The van der Waals surface area contributed by atoms with Crippen molar-refractivity contribution in [3.05, 3.63) is 33.9 Å². The summed E-state index contributed by atoms with van der Waals surface area (Å²) >= 11 is 0. The van der Waals surface area contributed by atoms with Gasteiger partial charge >= 0.3 is 11.9 Å². The lowest BCUT2D eigenvalue weighted by atomic mass is 9.90. The first-order valence-corrected chi connectivity index (χ1v) is 7.22. The molecule has 23 heavy (non-hydrogen) atoms. The number of carboxylic acid groups (broad SMARTS) is 1. The van der Waals surface area contributed by atoms with Gasteiger partial charge in [-0.2, -0.15) is 0 Å². The van der Waals surface area contributed by atoms with Crippen LogP contribution in [0.15, 0.2) is 18.2 Å². The molecule has 0 aromatic heterocycles. The first-order valence-electron chi connectivity index (χ1n) is 7.22. The van der Waals surface area contributed by atoms with Gasteiger partial charge in [0, 0.05) is 24.8 Å². The standard InChI is InChI=1S/C15H18N2O6/c1-3-23-13(18)11-8-10(4-5-12(11)17(21)22)16-7-6-15(2,9-16)14(19)20/h4-5,8H,3,6-7,9H2,1-2H3,(H,19,20). The number of anilines is 1. The van der Waals surface area contributed by atoms with E-state index in [4.69, 9.17) is 4.74 Å². The number of hydrogen-bond donors (Lipinski definition) is 1. The van der Waals surface area contributed by atoms with E-state index < -0.39 is 22.3 Å². The summed E-state index contributed by atoms with van der Waals surface area (Å²) in [5.74, 6) is -1.64. The van der Waals surface area contributed by atoms with Crippen LogP contribution in [0.3, 0.4) is 0 Å². The summed E-state index contributed by atoms with van der Waals surface area (Å²) in [5.41, 5.74) is -0.749. The highest BCUT2D eigenvalue weighted by Crippen LogP contribution is 2.35. The largest absolute Gasteiger partial charge is 0.481 e. The molecule has 0 aliphatic carbocycles. The van der Waals surface area contributed by atoms with Gasteiger partial charge in [-0.1, -0.05) is 0 Å². The Morgan fingerprint density at radius 1 is 1.48 bits per heavy atom. The number of carboxylic acids is 1. The molecule has 124 valence electrons. The van der Waals surface area contributed by atoms with E-state index >= 15 is 0 Å². The molecule has 8 nitrogen and oxygen atoms in total. The SMILES string of the molecule is CCOC(=O)c1cc(N2CCC(C)(C(=O)O)C2)ccc1[N+](=O)[O-]. The normalized spacial score (nSPS) is 20.3. The molecule has 0 saturated carbocycles. The van der Waals surface area contributed by atoms with Gasteiger partial charge in [0.1, 0.15) is 5.56 Å². The predicted molar refractivity (Wildman–Crippen MR) is 81.6 cm³/mol. The molecule has 1 aromatic carbocycles. The molecular formula is C15H18N2O6. The van der Waals surface area contributed by atoms with Crippen molar-refractivity contribution < 1.29 is 24.4 Å². The Morgan fingerprint density at radius 3 is 2.70 bits per heavy atom. The van der Waals surface area contributed by atoms with Crippen LogP contribution in [0.4, 0.5) is 11.4 Å². The maximum absolute atomic E-state index is 11.9. The van der Waals surface area contributed by atoms with Crippen molar-refractivity contribution in [2.45, 2.75) is 20.3 Å². The summed E-state index contributed by atoms with van der Waals surface area (Å²) in [6.07, 6.45) is 0.466. The van der Waals surface area contributed by atoms with Crippen molar-refractivity contribution >= 4 is 23.3 Å². The zero-order valence-corrected chi connectivity index (χ0v) is 12.9. The molecule has 1 aromatic rings. The van der Waals surface area contributed by atoms with Crippen LogP contribution >= 0.6 is 0 Å². The molecule has 1 aliphatic heterocycles. The molecular weight excluding hydrogens is 304 g/mol. The van der Waals surface area contributed by atoms with E-state index in [2.05, 4.69) is 0 Å². The molecule has 1 fully saturated rings. The molecule has 0 spiro atoms. The van der Waals surface area contributed by atoms with Gasteiger partial charge in [-0.3, -0.25) is 14.9 Å². The first-order chi connectivity index (χ1) is 10.8. The topological polar surface area (TPSA) is 110 Å². The molecule has 1 atom stereocenters. The van der Waals surface area contributed by atoms with Gasteiger partial charge in [0.25, 0.3) is 5.69 Å². The van der Waals surface area contributed by atoms with Crippen LogP contribution in [0.5, 0.6) is 0 Å². The third-order valence-electron chi connectivity index (χ3n) is 4.03. The fraction of sp³-hybridized carbons (Fsp3) is 0.467. The zero-order chi connectivity index (χ0) is 17.2. The molecule has 1 unspecified atom stereocenters. The van der Waals surface area contributed by atoms with Crippen LogP contribution < -0.4 is 4.90 Å². The average molecular weight is 322 g/mol. The maximum atomic E-state index is 11.9. The second kappa shape index (κ2) is 6.23. The molecule has 1 N–H and O–H groups in total. The van der Waals surface area contributed by atoms with Crippen LogP contribution in [-0.4, -0.2) is 41.7 Å². The lowest BCUT2D eigenvalue weighted by molar-refractivity contribution is -0.385. The Balaban J connectivity index is 2.35. The quantitative estimate of drug-likeness (QED) is 0.502. The van der Waals surface area contributed by atoms with E-state index in [9.17, 15) is 24.8 Å². The zero-order valence-electron chi connectivity index (χ0n) is 12.9. The van der Waals surface area contributed by atoms with E-state index in [0.717, 1.165) is 0 Å². The average Bonchev–Trinajstić information content (AvgIpc) is 2.91. The summed E-state index contributed by atoms with van der Waals surface area (Å²) in [5, 5.41) is 20.3. The van der Waals surface area contributed by atoms with E-state index in [1.807, 2.05) is 0 Å². The van der Waals surface area contributed by atoms with E-state index in [-0.39, 0.29) is 24.4 Å². The molecule has 0 amide bonds. The summed E-state index contributed by atoms with van der Waals surface area (Å²) < 4.78 is 4.86. The van der Waals surface area contributed by atoms with Crippen LogP contribution in [0.2, 0.25) is 0 Å². The molecule has 1 saturated heterocycles. The van der Waals surface area contributed by atoms with Crippen LogP contribution in [0, 0.1) is 15.5 Å². The number of nitrogens with zero attached hydrogens (tertiary/aromatic N) is 2. The predicted octanol–water partition coefficient (Wildman–Crippen LogP) is 2.07. The van der Waals surface area contributed by atoms with Crippen LogP contribution in [-0.2, 0) is 9.53 Å². The summed E-state index contributed by atoms with van der Waals surface area (Å²) in [6.45, 7) is 4.17. The van der Waals surface area contributed by atoms with E-state index in [1.54, 1.807) is 18.7 Å². The van der Waals surface area contributed by atoms with Crippen molar-refractivity contribution in [2.24, 2.45) is 5.41 Å². The summed E-state index contributed by atoms with van der Waals surface area (Å²) in [7, 11) is 0. The Hall–Kier alpha value is -2.64. The first kappa shape index (κ1) is 16.7. The van der Waals surface area contributed by atoms with Gasteiger partial charge in [-0.15, -0.1) is 0 Å². The van der Waals surface area contributed by atoms with Gasteiger partial charge in [-0.05, 0) is 32.4 Å². The number of nitro benzene ring substituents is 1. The van der Waals surface area contributed by atoms with Crippen LogP contribution in [0.25, 0.3) is 0 Å². The fourth-order valence-corrected chi connectivity index (χ4v) is 2.61. The lowest BCUT2D eigenvalue weighted by Gasteiger charge is -2.22. The molecule has 0 bridgehead atoms. The number of nitro groups is 1. The Kier molecular flexibility index (Phi) is 4.53. The highest BCUT2D eigenvalue weighted by Gasteiger charge is 2.40. The van der Waals surface area contributed by atoms with Gasteiger partial charge in [0.15, 0.2) is 0 Å². The molecule has 2 rings (SSSR count). The highest BCUT2D eigenvalue weighted by molar-refractivity contribution is 5.95. The lowest BCUT2D eigenvalue weighted by Crippen LogP contribution is -2.31. The monoisotopic (exact) mass is 322 g/mol. The van der Waals surface area contributed by atoms with Crippen molar-refractivity contribution in [3.63, 3.8) is 0 Å². The number of benzene rings is 1. The second-order valence-electron chi connectivity index (χ2n) is 5.72. The molecule has 0 radical (unpaired) electrons. The fourth-order valence-electron chi connectivity index (χ4n) is 2.61. The van der Waals surface area contributed by atoms with Crippen molar-refractivity contribution in [1.29, 1.82) is 0 Å². The summed E-state index contributed by atoms with van der Waals surface area (Å²) in [6, 6.07) is 4.16.